The van der Waals surface area contributed by atoms with Gasteiger partial charge < -0.3 is 15.5 Å². The van der Waals surface area contributed by atoms with Crippen molar-refractivity contribution in [1.29, 1.82) is 0 Å². The van der Waals surface area contributed by atoms with E-state index >= 15 is 0 Å². The third-order valence-corrected chi connectivity index (χ3v) is 3.51. The van der Waals surface area contributed by atoms with Gasteiger partial charge in [0.05, 0.1) is 6.20 Å². The second kappa shape index (κ2) is 5.46. The summed E-state index contributed by atoms with van der Waals surface area (Å²) in [7, 11) is 0. The Morgan fingerprint density at radius 1 is 1.50 bits per heavy atom. The number of anilines is 1. The van der Waals surface area contributed by atoms with Gasteiger partial charge >= 0.3 is 0 Å². The average molecular weight is 271 g/mol. The van der Waals surface area contributed by atoms with E-state index in [-0.39, 0.29) is 11.9 Å². The van der Waals surface area contributed by atoms with E-state index < -0.39 is 0 Å². The predicted octanol–water partition coefficient (Wildman–Crippen LogP) is 2.41. The lowest BCUT2D eigenvalue weighted by molar-refractivity contribution is -0.116. The van der Waals surface area contributed by atoms with Gasteiger partial charge in [-0.05, 0) is 30.9 Å². The van der Waals surface area contributed by atoms with Crippen molar-refractivity contribution < 1.29 is 9.21 Å². The van der Waals surface area contributed by atoms with Crippen molar-refractivity contribution in [2.75, 3.05) is 5.32 Å². The molecule has 3 N–H and O–H groups in total. The fourth-order valence-electron chi connectivity index (χ4n) is 2.23. The Morgan fingerprint density at radius 3 is 3.05 bits per heavy atom. The van der Waals surface area contributed by atoms with Crippen molar-refractivity contribution in [3.63, 3.8) is 0 Å². The van der Waals surface area contributed by atoms with Crippen LogP contribution in [-0.2, 0) is 4.79 Å². The molecule has 1 amide bonds. The molecule has 2 aromatic rings. The molecule has 3 rings (SSSR count). The Labute approximate surface area is 117 Å². The molecule has 0 aliphatic heterocycles. The number of carbonyl (C=O) groups is 1. The quantitative estimate of drug-likeness (QED) is 0.875. The summed E-state index contributed by atoms with van der Waals surface area (Å²) in [5.41, 5.74) is 7.58. The number of amides is 1. The Balaban J connectivity index is 1.65. The molecule has 5 heteroatoms. The van der Waals surface area contributed by atoms with E-state index in [0.29, 0.717) is 18.1 Å². The van der Waals surface area contributed by atoms with Crippen LogP contribution in [-0.4, -0.2) is 16.9 Å². The van der Waals surface area contributed by atoms with Crippen molar-refractivity contribution in [1.82, 2.24) is 4.98 Å². The molecule has 1 unspecified atom stereocenters. The van der Waals surface area contributed by atoms with Crippen LogP contribution in [0.1, 0.15) is 19.3 Å². The van der Waals surface area contributed by atoms with E-state index in [4.69, 9.17) is 10.2 Å². The molecule has 1 saturated carbocycles. The Kier molecular flexibility index (Phi) is 3.52. The van der Waals surface area contributed by atoms with Gasteiger partial charge in [0.15, 0.2) is 12.2 Å². The van der Waals surface area contributed by atoms with Crippen molar-refractivity contribution in [3.8, 4) is 11.3 Å². The third kappa shape index (κ3) is 3.05. The number of nitrogens with one attached hydrogen (secondary N) is 1. The molecule has 1 aromatic carbocycles. The number of oxazole rings is 1. The minimum atomic E-state index is -0.0425. The molecule has 5 nitrogen and oxygen atoms in total. The Hall–Kier alpha value is -2.14. The van der Waals surface area contributed by atoms with E-state index in [0.717, 1.165) is 24.1 Å². The van der Waals surface area contributed by atoms with Gasteiger partial charge in [0.2, 0.25) is 5.91 Å². The number of nitrogens with zero attached hydrogens (tertiary/aromatic N) is 1. The molecule has 1 heterocycles. The van der Waals surface area contributed by atoms with Gasteiger partial charge in [-0.2, -0.15) is 0 Å². The predicted molar refractivity (Wildman–Crippen MR) is 75.9 cm³/mol. The highest BCUT2D eigenvalue weighted by Gasteiger charge is 2.29. The van der Waals surface area contributed by atoms with Crippen molar-refractivity contribution in [3.05, 3.63) is 36.9 Å². The fraction of sp³-hybridized carbons (Fsp3) is 0.333. The van der Waals surface area contributed by atoms with Crippen LogP contribution in [0.3, 0.4) is 0 Å². The second-order valence-electron chi connectivity index (χ2n) is 5.20. The summed E-state index contributed by atoms with van der Waals surface area (Å²) in [6.07, 6.45) is 5.70. The lowest BCUT2D eigenvalue weighted by Gasteiger charge is -2.11. The van der Waals surface area contributed by atoms with Crippen LogP contribution in [0.2, 0.25) is 0 Å². The number of nitrogens with two attached hydrogens (primary N) is 1. The highest BCUT2D eigenvalue weighted by molar-refractivity contribution is 5.91. The molecule has 0 bridgehead atoms. The Morgan fingerprint density at radius 2 is 2.35 bits per heavy atom. The van der Waals surface area contributed by atoms with Gasteiger partial charge in [0, 0.05) is 23.7 Å². The first kappa shape index (κ1) is 12.9. The molecule has 0 saturated heterocycles. The minimum absolute atomic E-state index is 0.0209. The van der Waals surface area contributed by atoms with Crippen LogP contribution < -0.4 is 11.1 Å². The fourth-order valence-corrected chi connectivity index (χ4v) is 2.23. The Bertz CT molecular complexity index is 591. The summed E-state index contributed by atoms with van der Waals surface area (Å²) in [5.74, 6) is 1.16. The number of benzene rings is 1. The van der Waals surface area contributed by atoms with E-state index in [1.165, 1.54) is 6.39 Å². The highest BCUT2D eigenvalue weighted by atomic mass is 16.3. The molecule has 1 aliphatic rings. The van der Waals surface area contributed by atoms with Crippen LogP contribution in [0.4, 0.5) is 5.69 Å². The first-order chi connectivity index (χ1) is 9.72. The van der Waals surface area contributed by atoms with Gasteiger partial charge in [0.1, 0.15) is 0 Å². The number of rotatable bonds is 5. The van der Waals surface area contributed by atoms with Gasteiger partial charge in [-0.25, -0.2) is 4.98 Å². The zero-order valence-electron chi connectivity index (χ0n) is 11.1. The molecule has 104 valence electrons. The van der Waals surface area contributed by atoms with Gasteiger partial charge in [-0.3, -0.25) is 4.79 Å². The van der Waals surface area contributed by atoms with Crippen molar-refractivity contribution >= 4 is 11.6 Å². The molecule has 0 radical (unpaired) electrons. The van der Waals surface area contributed by atoms with E-state index in [1.807, 2.05) is 24.3 Å². The largest absolute Gasteiger partial charge is 0.444 e. The lowest BCUT2D eigenvalue weighted by Crippen LogP contribution is -2.28. The van der Waals surface area contributed by atoms with E-state index in [9.17, 15) is 4.79 Å². The summed E-state index contributed by atoms with van der Waals surface area (Å²) in [4.78, 5) is 15.8. The summed E-state index contributed by atoms with van der Waals surface area (Å²) in [5, 5.41) is 2.88. The highest BCUT2D eigenvalue weighted by Crippen LogP contribution is 2.33. The van der Waals surface area contributed by atoms with Crippen LogP contribution in [0.5, 0.6) is 0 Å². The van der Waals surface area contributed by atoms with Crippen LogP contribution >= 0.6 is 0 Å². The average Bonchev–Trinajstić information content (AvgIpc) is 3.14. The van der Waals surface area contributed by atoms with E-state index in [2.05, 4.69) is 10.3 Å². The van der Waals surface area contributed by atoms with Crippen molar-refractivity contribution in [2.45, 2.75) is 25.3 Å². The number of aromatic nitrogens is 1. The maximum Gasteiger partial charge on any atom is 0.225 e. The van der Waals surface area contributed by atoms with Crippen LogP contribution in [0, 0.1) is 5.92 Å². The standard InChI is InChI=1S/C15H17N3O2/c16-13(10-4-5-10)7-15(19)18-12-3-1-2-11(6-12)14-8-17-9-20-14/h1-3,6,8-10,13H,4-5,7,16H2,(H,18,19). The summed E-state index contributed by atoms with van der Waals surface area (Å²) in [6.45, 7) is 0. The maximum absolute atomic E-state index is 11.9. The molecule has 1 aromatic heterocycles. The maximum atomic E-state index is 11.9. The summed E-state index contributed by atoms with van der Waals surface area (Å²) in [6, 6.07) is 7.47. The molecular weight excluding hydrogens is 254 g/mol. The molecule has 1 atom stereocenters. The topological polar surface area (TPSA) is 81.2 Å². The molecular formula is C15H17N3O2. The second-order valence-corrected chi connectivity index (χ2v) is 5.20. The zero-order chi connectivity index (χ0) is 13.9. The normalized spacial score (nSPS) is 15.8. The number of carbonyl (C=O) groups excluding carboxylic acids is 1. The minimum Gasteiger partial charge on any atom is -0.444 e. The molecule has 1 aliphatic carbocycles. The zero-order valence-corrected chi connectivity index (χ0v) is 11.1. The third-order valence-electron chi connectivity index (χ3n) is 3.51. The monoisotopic (exact) mass is 271 g/mol. The number of hydrogen-bond donors (Lipinski definition) is 2. The number of hydrogen-bond acceptors (Lipinski definition) is 4. The van der Waals surface area contributed by atoms with Gasteiger partial charge in [0.25, 0.3) is 0 Å². The SMILES string of the molecule is NC(CC(=O)Nc1cccc(-c2cnco2)c1)C1CC1. The van der Waals surface area contributed by atoms with Crippen LogP contribution in [0.15, 0.2) is 41.3 Å². The van der Waals surface area contributed by atoms with Gasteiger partial charge in [-0.1, -0.05) is 12.1 Å². The first-order valence-electron chi connectivity index (χ1n) is 6.77. The summed E-state index contributed by atoms with van der Waals surface area (Å²) < 4.78 is 5.24. The lowest BCUT2D eigenvalue weighted by atomic mass is 10.1. The smallest absolute Gasteiger partial charge is 0.225 e. The van der Waals surface area contributed by atoms with Crippen molar-refractivity contribution in [2.24, 2.45) is 11.7 Å². The van der Waals surface area contributed by atoms with Crippen LogP contribution in [0.25, 0.3) is 11.3 Å². The van der Waals surface area contributed by atoms with Gasteiger partial charge in [-0.15, -0.1) is 0 Å². The van der Waals surface area contributed by atoms with E-state index in [1.54, 1.807) is 6.20 Å². The first-order valence-corrected chi connectivity index (χ1v) is 6.77. The molecule has 1 fully saturated rings. The summed E-state index contributed by atoms with van der Waals surface area (Å²) >= 11 is 0. The molecule has 20 heavy (non-hydrogen) atoms. The molecule has 0 spiro atoms.